The van der Waals surface area contributed by atoms with Gasteiger partial charge in [0.1, 0.15) is 0 Å². The Labute approximate surface area is 71.4 Å². The van der Waals surface area contributed by atoms with Crippen LogP contribution in [0.3, 0.4) is 0 Å². The van der Waals surface area contributed by atoms with E-state index in [2.05, 4.69) is 11.9 Å². The van der Waals surface area contributed by atoms with Gasteiger partial charge in [-0.05, 0) is 13.3 Å². The predicted octanol–water partition coefficient (Wildman–Crippen LogP) is 1.35. The molecule has 2 unspecified atom stereocenters. The first-order valence-electron chi connectivity index (χ1n) is 4.09. The van der Waals surface area contributed by atoms with Crippen LogP contribution in [0.5, 0.6) is 0 Å². The van der Waals surface area contributed by atoms with Gasteiger partial charge in [-0.1, -0.05) is 0 Å². The van der Waals surface area contributed by atoms with Gasteiger partial charge >= 0.3 is 0 Å². The van der Waals surface area contributed by atoms with Crippen LogP contribution in [0.15, 0.2) is 4.99 Å². The van der Waals surface area contributed by atoms with E-state index in [1.165, 1.54) is 5.71 Å². The molecule has 0 saturated carbocycles. The molecule has 0 spiro atoms. The molecule has 0 aliphatic carbocycles. The minimum absolute atomic E-state index is 0.414. The van der Waals surface area contributed by atoms with E-state index >= 15 is 0 Å². The number of fused-ring (bicyclic) bond motifs is 1. The minimum atomic E-state index is 0.414. The lowest BCUT2D eigenvalue weighted by atomic mass is 10.1. The number of hydrogen-bond acceptors (Lipinski definition) is 3. The molecule has 0 aromatic carbocycles. The Balaban J connectivity index is 2.04. The van der Waals surface area contributed by atoms with E-state index in [9.17, 15) is 0 Å². The summed E-state index contributed by atoms with van der Waals surface area (Å²) in [5, 5.41) is 0.696. The highest BCUT2D eigenvalue weighted by Crippen LogP contribution is 2.28. The van der Waals surface area contributed by atoms with Gasteiger partial charge in [0.25, 0.3) is 0 Å². The second-order valence-corrected chi connectivity index (χ2v) is 4.45. The predicted molar refractivity (Wildman–Crippen MR) is 48.6 cm³/mol. The topological polar surface area (TPSA) is 21.6 Å². The molecule has 2 heterocycles. The largest absolute Gasteiger partial charge is 0.374 e. The second-order valence-electron chi connectivity index (χ2n) is 3.10. The first-order valence-corrected chi connectivity index (χ1v) is 5.14. The monoisotopic (exact) mass is 171 g/mol. The lowest BCUT2D eigenvalue weighted by Gasteiger charge is -2.33. The van der Waals surface area contributed by atoms with Gasteiger partial charge in [-0.15, -0.1) is 0 Å². The number of ether oxygens (including phenoxy) is 1. The molecule has 62 valence electrons. The SMILES string of the molecule is CC1=NCC2OCCSC2C1. The Morgan fingerprint density at radius 3 is 3.45 bits per heavy atom. The van der Waals surface area contributed by atoms with Crippen LogP contribution in [0.4, 0.5) is 0 Å². The van der Waals surface area contributed by atoms with Crippen molar-refractivity contribution >= 4 is 17.5 Å². The lowest BCUT2D eigenvalue weighted by molar-refractivity contribution is 0.0609. The maximum atomic E-state index is 5.60. The standard InChI is InChI=1S/C8H13NOS/c1-6-4-8-7(5-9-6)10-2-3-11-8/h7-8H,2-5H2,1H3. The zero-order valence-electron chi connectivity index (χ0n) is 6.75. The Kier molecular flexibility index (Phi) is 2.18. The summed E-state index contributed by atoms with van der Waals surface area (Å²) in [5.74, 6) is 1.16. The van der Waals surface area contributed by atoms with Crippen molar-refractivity contribution in [3.63, 3.8) is 0 Å². The molecule has 2 rings (SSSR count). The highest BCUT2D eigenvalue weighted by atomic mass is 32.2. The molecule has 0 aromatic heterocycles. The molecule has 0 amide bonds. The number of nitrogens with zero attached hydrogens (tertiary/aromatic N) is 1. The molecule has 11 heavy (non-hydrogen) atoms. The fraction of sp³-hybridized carbons (Fsp3) is 0.875. The molecule has 2 atom stereocenters. The van der Waals surface area contributed by atoms with Crippen LogP contribution < -0.4 is 0 Å². The van der Waals surface area contributed by atoms with E-state index in [1.807, 2.05) is 11.8 Å². The van der Waals surface area contributed by atoms with E-state index < -0.39 is 0 Å². The molecule has 3 heteroatoms. The van der Waals surface area contributed by atoms with Crippen molar-refractivity contribution in [1.82, 2.24) is 0 Å². The number of rotatable bonds is 0. The van der Waals surface area contributed by atoms with Gasteiger partial charge in [0.15, 0.2) is 0 Å². The van der Waals surface area contributed by atoms with E-state index in [4.69, 9.17) is 4.74 Å². The van der Waals surface area contributed by atoms with Crippen LogP contribution in [0, 0.1) is 0 Å². The first-order chi connectivity index (χ1) is 5.36. The Bertz CT molecular complexity index is 181. The van der Waals surface area contributed by atoms with Gasteiger partial charge in [0.05, 0.1) is 19.3 Å². The van der Waals surface area contributed by atoms with Crippen molar-refractivity contribution in [2.75, 3.05) is 18.9 Å². The van der Waals surface area contributed by atoms with Gasteiger partial charge in [0.2, 0.25) is 0 Å². The molecule has 2 nitrogen and oxygen atoms in total. The molecular weight excluding hydrogens is 158 g/mol. The number of aliphatic imine (C=N–C) groups is 1. The van der Waals surface area contributed by atoms with Crippen LogP contribution in [-0.2, 0) is 4.74 Å². The van der Waals surface area contributed by atoms with E-state index in [1.54, 1.807) is 0 Å². The summed E-state index contributed by atoms with van der Waals surface area (Å²) in [5.41, 5.74) is 1.30. The fourth-order valence-electron chi connectivity index (χ4n) is 1.58. The van der Waals surface area contributed by atoms with Gasteiger partial charge in [-0.25, -0.2) is 0 Å². The van der Waals surface area contributed by atoms with Crippen LogP contribution in [-0.4, -0.2) is 36.0 Å². The van der Waals surface area contributed by atoms with Crippen molar-refractivity contribution < 1.29 is 4.74 Å². The Hall–Kier alpha value is -0.0200. The maximum Gasteiger partial charge on any atom is 0.0892 e. The average Bonchev–Trinajstić information content (AvgIpc) is 2.04. The summed E-state index contributed by atoms with van der Waals surface area (Å²) in [4.78, 5) is 4.39. The third-order valence-electron chi connectivity index (χ3n) is 2.20. The van der Waals surface area contributed by atoms with Gasteiger partial charge in [-0.3, -0.25) is 4.99 Å². The van der Waals surface area contributed by atoms with Gasteiger partial charge in [-0.2, -0.15) is 11.8 Å². The van der Waals surface area contributed by atoms with Crippen LogP contribution >= 0.6 is 11.8 Å². The number of hydrogen-bond donors (Lipinski definition) is 0. The Morgan fingerprint density at radius 1 is 1.64 bits per heavy atom. The molecule has 1 fully saturated rings. The van der Waals surface area contributed by atoms with Crippen LogP contribution in [0.1, 0.15) is 13.3 Å². The van der Waals surface area contributed by atoms with Crippen LogP contribution in [0.25, 0.3) is 0 Å². The average molecular weight is 171 g/mol. The lowest BCUT2D eigenvalue weighted by Crippen LogP contribution is -2.39. The van der Waals surface area contributed by atoms with Crippen molar-refractivity contribution in [2.24, 2.45) is 4.99 Å². The number of thioether (sulfide) groups is 1. The summed E-state index contributed by atoms with van der Waals surface area (Å²) in [6, 6.07) is 0. The van der Waals surface area contributed by atoms with Crippen molar-refractivity contribution in [2.45, 2.75) is 24.7 Å². The maximum absolute atomic E-state index is 5.60. The third-order valence-corrected chi connectivity index (χ3v) is 3.50. The molecule has 0 radical (unpaired) electrons. The molecular formula is C8H13NOS. The van der Waals surface area contributed by atoms with Gasteiger partial charge < -0.3 is 4.74 Å². The van der Waals surface area contributed by atoms with Crippen LogP contribution in [0.2, 0.25) is 0 Å². The second kappa shape index (κ2) is 3.15. The van der Waals surface area contributed by atoms with Crippen molar-refractivity contribution in [3.8, 4) is 0 Å². The molecule has 0 aromatic rings. The van der Waals surface area contributed by atoms with E-state index in [-0.39, 0.29) is 0 Å². The van der Waals surface area contributed by atoms with Gasteiger partial charge in [0, 0.05) is 16.7 Å². The smallest absolute Gasteiger partial charge is 0.0892 e. The van der Waals surface area contributed by atoms with E-state index in [0.29, 0.717) is 11.4 Å². The zero-order chi connectivity index (χ0) is 7.68. The molecule has 1 saturated heterocycles. The summed E-state index contributed by atoms with van der Waals surface area (Å²) >= 11 is 2.05. The quantitative estimate of drug-likeness (QED) is 0.549. The summed E-state index contributed by atoms with van der Waals surface area (Å²) < 4.78 is 5.60. The zero-order valence-corrected chi connectivity index (χ0v) is 7.56. The normalized spacial score (nSPS) is 37.7. The highest BCUT2D eigenvalue weighted by Gasteiger charge is 2.29. The molecule has 2 aliphatic heterocycles. The fourth-order valence-corrected chi connectivity index (χ4v) is 2.81. The summed E-state index contributed by atoms with van der Waals surface area (Å²) in [7, 11) is 0. The van der Waals surface area contributed by atoms with E-state index in [0.717, 1.165) is 25.3 Å². The first kappa shape index (κ1) is 7.62. The highest BCUT2D eigenvalue weighted by molar-refractivity contribution is 8.00. The summed E-state index contributed by atoms with van der Waals surface area (Å²) in [6.45, 7) is 3.93. The van der Waals surface area contributed by atoms with Crippen molar-refractivity contribution in [3.05, 3.63) is 0 Å². The molecule has 0 bridgehead atoms. The third kappa shape index (κ3) is 1.59. The summed E-state index contributed by atoms with van der Waals surface area (Å²) in [6.07, 6.45) is 1.55. The van der Waals surface area contributed by atoms with Crippen molar-refractivity contribution in [1.29, 1.82) is 0 Å². The minimum Gasteiger partial charge on any atom is -0.374 e. The molecule has 0 N–H and O–H groups in total. The Morgan fingerprint density at radius 2 is 2.55 bits per heavy atom. The molecule has 2 aliphatic rings.